The Labute approximate surface area is 78.9 Å². The predicted molar refractivity (Wildman–Crippen MR) is 57.3 cm³/mol. The van der Waals surface area contributed by atoms with E-state index in [1.165, 1.54) is 11.1 Å². The summed E-state index contributed by atoms with van der Waals surface area (Å²) in [5, 5.41) is 0. The van der Waals surface area contributed by atoms with E-state index in [4.69, 9.17) is 0 Å². The van der Waals surface area contributed by atoms with Gasteiger partial charge in [-0.15, -0.1) is 0 Å². The van der Waals surface area contributed by atoms with Gasteiger partial charge in [-0.25, -0.2) is 0 Å². The SMILES string of the molecule is C1=CC/C(=C\c2ccccc2)C=C1. The fourth-order valence-electron chi connectivity index (χ4n) is 1.40. The molecule has 0 radical (unpaired) electrons. The maximum atomic E-state index is 2.22. The zero-order valence-corrected chi connectivity index (χ0v) is 7.48. The van der Waals surface area contributed by atoms with Gasteiger partial charge in [0.05, 0.1) is 0 Å². The van der Waals surface area contributed by atoms with Gasteiger partial charge >= 0.3 is 0 Å². The van der Waals surface area contributed by atoms with Gasteiger partial charge in [-0.05, 0) is 17.6 Å². The smallest absolute Gasteiger partial charge is 0.00941 e. The van der Waals surface area contributed by atoms with Crippen molar-refractivity contribution in [2.75, 3.05) is 0 Å². The van der Waals surface area contributed by atoms with Crippen LogP contribution in [0.4, 0.5) is 0 Å². The fraction of sp³-hybridized carbons (Fsp3) is 0.0769. The standard InChI is InChI=1S/C13H12/c1-3-7-12(8-4-1)11-13-9-5-2-6-10-13/h1-9,11H,10H2/b13-11-. The van der Waals surface area contributed by atoms with E-state index < -0.39 is 0 Å². The first-order valence-corrected chi connectivity index (χ1v) is 4.54. The molecule has 0 N–H and O–H groups in total. The summed E-state index contributed by atoms with van der Waals surface area (Å²) in [6, 6.07) is 10.4. The minimum Gasteiger partial charge on any atom is -0.0801 e. The molecule has 0 atom stereocenters. The Bertz CT molecular complexity index is 353. The van der Waals surface area contributed by atoms with Gasteiger partial charge in [0, 0.05) is 0 Å². The summed E-state index contributed by atoms with van der Waals surface area (Å²) in [5.41, 5.74) is 2.64. The molecule has 0 unspecified atom stereocenters. The number of rotatable bonds is 1. The van der Waals surface area contributed by atoms with Crippen LogP contribution in [0, 0.1) is 0 Å². The molecular weight excluding hydrogens is 156 g/mol. The summed E-state index contributed by atoms with van der Waals surface area (Å²) in [7, 11) is 0. The van der Waals surface area contributed by atoms with Gasteiger partial charge in [-0.1, -0.05) is 60.7 Å². The van der Waals surface area contributed by atoms with Crippen LogP contribution >= 0.6 is 0 Å². The third kappa shape index (κ3) is 2.19. The van der Waals surface area contributed by atoms with Crippen molar-refractivity contribution in [3.05, 3.63) is 65.8 Å². The maximum Gasteiger partial charge on any atom is -0.00941 e. The van der Waals surface area contributed by atoms with Crippen LogP contribution in [0.1, 0.15) is 12.0 Å². The molecule has 13 heavy (non-hydrogen) atoms. The molecule has 64 valence electrons. The number of hydrogen-bond acceptors (Lipinski definition) is 0. The summed E-state index contributed by atoms with van der Waals surface area (Å²) in [4.78, 5) is 0. The van der Waals surface area contributed by atoms with E-state index >= 15 is 0 Å². The van der Waals surface area contributed by atoms with Gasteiger partial charge in [0.1, 0.15) is 0 Å². The van der Waals surface area contributed by atoms with Crippen LogP contribution < -0.4 is 0 Å². The first kappa shape index (κ1) is 8.06. The molecule has 1 aliphatic rings. The van der Waals surface area contributed by atoms with Crippen molar-refractivity contribution in [3.63, 3.8) is 0 Å². The van der Waals surface area contributed by atoms with Gasteiger partial charge in [0.15, 0.2) is 0 Å². The number of hydrogen-bond donors (Lipinski definition) is 0. The molecular formula is C13H12. The topological polar surface area (TPSA) is 0 Å². The van der Waals surface area contributed by atoms with Crippen molar-refractivity contribution in [2.45, 2.75) is 6.42 Å². The highest BCUT2D eigenvalue weighted by molar-refractivity contribution is 5.57. The van der Waals surface area contributed by atoms with E-state index in [2.05, 4.69) is 54.6 Å². The highest BCUT2D eigenvalue weighted by Crippen LogP contribution is 2.14. The van der Waals surface area contributed by atoms with E-state index in [1.807, 2.05) is 6.07 Å². The average Bonchev–Trinajstić information content (AvgIpc) is 2.21. The molecule has 0 heteroatoms. The lowest BCUT2D eigenvalue weighted by molar-refractivity contribution is 1.28. The minimum absolute atomic E-state index is 1.05. The number of allylic oxidation sites excluding steroid dienone is 5. The van der Waals surface area contributed by atoms with E-state index in [0.717, 1.165) is 6.42 Å². The average molecular weight is 168 g/mol. The van der Waals surface area contributed by atoms with Crippen LogP contribution in [0.15, 0.2) is 60.2 Å². The fourth-order valence-corrected chi connectivity index (χ4v) is 1.40. The van der Waals surface area contributed by atoms with Gasteiger partial charge in [0.2, 0.25) is 0 Å². The third-order valence-corrected chi connectivity index (χ3v) is 2.06. The largest absolute Gasteiger partial charge is 0.0801 e. The Morgan fingerprint density at radius 2 is 1.85 bits per heavy atom. The summed E-state index contributed by atoms with van der Waals surface area (Å²) >= 11 is 0. The van der Waals surface area contributed by atoms with Crippen molar-refractivity contribution in [3.8, 4) is 0 Å². The molecule has 0 heterocycles. The third-order valence-electron chi connectivity index (χ3n) is 2.06. The minimum atomic E-state index is 1.05. The molecule has 2 rings (SSSR count). The van der Waals surface area contributed by atoms with Gasteiger partial charge in [-0.2, -0.15) is 0 Å². The molecule has 0 saturated heterocycles. The summed E-state index contributed by atoms with van der Waals surface area (Å²) < 4.78 is 0. The summed E-state index contributed by atoms with van der Waals surface area (Å²) in [5.74, 6) is 0. The first-order chi connectivity index (χ1) is 6.45. The Morgan fingerprint density at radius 3 is 2.54 bits per heavy atom. The molecule has 0 nitrogen and oxygen atoms in total. The van der Waals surface area contributed by atoms with Crippen molar-refractivity contribution < 1.29 is 0 Å². The second kappa shape index (κ2) is 3.90. The normalized spacial score (nSPS) is 18.0. The van der Waals surface area contributed by atoms with Crippen LogP contribution in [0.2, 0.25) is 0 Å². The maximum absolute atomic E-state index is 2.22. The Hall–Kier alpha value is -1.56. The molecule has 0 fully saturated rings. The van der Waals surface area contributed by atoms with Crippen molar-refractivity contribution in [2.24, 2.45) is 0 Å². The van der Waals surface area contributed by atoms with E-state index in [-0.39, 0.29) is 0 Å². The monoisotopic (exact) mass is 168 g/mol. The molecule has 0 aliphatic heterocycles. The zero-order valence-electron chi connectivity index (χ0n) is 7.48. The van der Waals surface area contributed by atoms with Gasteiger partial charge < -0.3 is 0 Å². The van der Waals surface area contributed by atoms with Crippen LogP contribution in [-0.4, -0.2) is 0 Å². The molecule has 1 aromatic rings. The second-order valence-electron chi connectivity index (χ2n) is 3.12. The van der Waals surface area contributed by atoms with Crippen molar-refractivity contribution in [1.82, 2.24) is 0 Å². The molecule has 1 aromatic carbocycles. The molecule has 0 spiro atoms. The highest BCUT2D eigenvalue weighted by Gasteiger charge is 1.93. The zero-order chi connectivity index (χ0) is 8.93. The quantitative estimate of drug-likeness (QED) is 0.601. The first-order valence-electron chi connectivity index (χ1n) is 4.54. The predicted octanol–water partition coefficient (Wildman–Crippen LogP) is 3.59. The van der Waals surface area contributed by atoms with Crippen LogP contribution in [0.5, 0.6) is 0 Å². The number of benzene rings is 1. The van der Waals surface area contributed by atoms with E-state index in [1.54, 1.807) is 0 Å². The highest BCUT2D eigenvalue weighted by atomic mass is 14.0. The molecule has 0 amide bonds. The van der Waals surface area contributed by atoms with Gasteiger partial charge in [0.25, 0.3) is 0 Å². The summed E-state index contributed by atoms with van der Waals surface area (Å²) in [6.45, 7) is 0. The van der Waals surface area contributed by atoms with Crippen LogP contribution in [0.25, 0.3) is 6.08 Å². The Balaban J connectivity index is 2.21. The lowest BCUT2D eigenvalue weighted by Gasteiger charge is -2.01. The lowest BCUT2D eigenvalue weighted by atomic mass is 10.0. The Kier molecular flexibility index (Phi) is 2.42. The molecule has 0 aromatic heterocycles. The van der Waals surface area contributed by atoms with E-state index in [9.17, 15) is 0 Å². The second-order valence-corrected chi connectivity index (χ2v) is 3.12. The van der Waals surface area contributed by atoms with E-state index in [0.29, 0.717) is 0 Å². The van der Waals surface area contributed by atoms with Gasteiger partial charge in [-0.3, -0.25) is 0 Å². The lowest BCUT2D eigenvalue weighted by Crippen LogP contribution is -1.80. The molecule has 1 aliphatic carbocycles. The summed E-state index contributed by atoms with van der Waals surface area (Å²) in [6.07, 6.45) is 11.8. The van der Waals surface area contributed by atoms with Crippen molar-refractivity contribution >= 4 is 6.08 Å². The Morgan fingerprint density at radius 1 is 1.00 bits per heavy atom. The van der Waals surface area contributed by atoms with Crippen molar-refractivity contribution in [1.29, 1.82) is 0 Å². The van der Waals surface area contributed by atoms with Crippen LogP contribution in [-0.2, 0) is 0 Å². The molecule has 0 saturated carbocycles. The van der Waals surface area contributed by atoms with Crippen LogP contribution in [0.3, 0.4) is 0 Å². The molecule has 0 bridgehead atoms.